The van der Waals surface area contributed by atoms with E-state index in [-0.39, 0.29) is 0 Å². The quantitative estimate of drug-likeness (QED) is 0.905. The molecule has 1 aliphatic carbocycles. The number of nitrogens with zero attached hydrogens (tertiary/aromatic N) is 3. The molecule has 2 N–H and O–H groups in total. The second kappa shape index (κ2) is 5.14. The number of carbonyl (C=O) groups is 1. The summed E-state index contributed by atoms with van der Waals surface area (Å²) >= 11 is 1.57. The average Bonchev–Trinajstić information content (AvgIpc) is 3.02. The van der Waals surface area contributed by atoms with Gasteiger partial charge >= 0.3 is 5.97 Å². The maximum atomic E-state index is 11.2. The minimum absolute atomic E-state index is 0.436. The lowest BCUT2D eigenvalue weighted by molar-refractivity contribution is -0.138. The van der Waals surface area contributed by atoms with Gasteiger partial charge in [-0.3, -0.25) is 9.48 Å². The van der Waals surface area contributed by atoms with Gasteiger partial charge in [-0.2, -0.15) is 5.10 Å². The highest BCUT2D eigenvalue weighted by atomic mass is 32.1. The predicted octanol–water partition coefficient (Wildman–Crippen LogP) is 2.22. The van der Waals surface area contributed by atoms with Crippen molar-refractivity contribution in [2.45, 2.75) is 39.2 Å². The molecule has 7 heteroatoms. The van der Waals surface area contributed by atoms with Crippen LogP contribution < -0.4 is 5.32 Å². The van der Waals surface area contributed by atoms with Gasteiger partial charge in [-0.05, 0) is 26.7 Å². The number of nitrogens with one attached hydrogen (secondary N) is 1. The molecule has 2 aromatic heterocycles. The topological polar surface area (TPSA) is 80.0 Å². The number of rotatable bonds is 4. The SMILES string of the molecule is Cc1nn(C)c(C)c1CNc1nc2c(s1)CCC2C(=O)O. The largest absolute Gasteiger partial charge is 0.481 e. The maximum Gasteiger partial charge on any atom is 0.312 e. The molecule has 2 heterocycles. The number of carboxylic acid groups (broad SMARTS) is 1. The van der Waals surface area contributed by atoms with Gasteiger partial charge in [-0.15, -0.1) is 11.3 Å². The molecule has 0 bridgehead atoms. The molecule has 1 aliphatic rings. The minimum atomic E-state index is -0.774. The number of fused-ring (bicyclic) bond motifs is 1. The fourth-order valence-corrected chi connectivity index (χ4v) is 3.81. The Morgan fingerprint density at radius 2 is 2.29 bits per heavy atom. The van der Waals surface area contributed by atoms with Crippen LogP contribution in [0.3, 0.4) is 0 Å². The van der Waals surface area contributed by atoms with Crippen LogP contribution in [0.4, 0.5) is 5.13 Å². The van der Waals surface area contributed by atoms with Gasteiger partial charge in [0, 0.05) is 29.7 Å². The smallest absolute Gasteiger partial charge is 0.312 e. The molecule has 21 heavy (non-hydrogen) atoms. The highest BCUT2D eigenvalue weighted by Gasteiger charge is 2.32. The van der Waals surface area contributed by atoms with E-state index >= 15 is 0 Å². The zero-order valence-electron chi connectivity index (χ0n) is 12.3. The summed E-state index contributed by atoms with van der Waals surface area (Å²) in [7, 11) is 1.93. The summed E-state index contributed by atoms with van der Waals surface area (Å²) in [6.45, 7) is 4.70. The van der Waals surface area contributed by atoms with Crippen molar-refractivity contribution in [2.75, 3.05) is 5.32 Å². The van der Waals surface area contributed by atoms with Gasteiger partial charge in [-0.25, -0.2) is 4.98 Å². The van der Waals surface area contributed by atoms with E-state index in [0.29, 0.717) is 13.0 Å². The van der Waals surface area contributed by atoms with Crippen molar-refractivity contribution in [3.05, 3.63) is 27.5 Å². The molecule has 2 aromatic rings. The van der Waals surface area contributed by atoms with E-state index in [0.717, 1.165) is 33.5 Å². The molecular weight excluding hydrogens is 288 g/mol. The number of anilines is 1. The molecule has 0 aliphatic heterocycles. The highest BCUT2D eigenvalue weighted by molar-refractivity contribution is 7.15. The van der Waals surface area contributed by atoms with E-state index in [9.17, 15) is 9.90 Å². The number of aromatic nitrogens is 3. The molecule has 0 saturated carbocycles. The van der Waals surface area contributed by atoms with Crippen molar-refractivity contribution in [1.82, 2.24) is 14.8 Å². The average molecular weight is 306 g/mol. The van der Waals surface area contributed by atoms with E-state index in [2.05, 4.69) is 15.4 Å². The second-order valence-corrected chi connectivity index (χ2v) is 6.47. The van der Waals surface area contributed by atoms with Crippen molar-refractivity contribution < 1.29 is 9.90 Å². The van der Waals surface area contributed by atoms with Gasteiger partial charge in [0.05, 0.1) is 11.4 Å². The summed E-state index contributed by atoms with van der Waals surface area (Å²) in [5.41, 5.74) is 4.06. The van der Waals surface area contributed by atoms with Crippen LogP contribution in [0.1, 0.15) is 39.9 Å². The third-order valence-corrected chi connectivity index (χ3v) is 5.18. The van der Waals surface area contributed by atoms with Crippen LogP contribution in [0.2, 0.25) is 0 Å². The van der Waals surface area contributed by atoms with Gasteiger partial charge in [-0.1, -0.05) is 0 Å². The molecule has 1 unspecified atom stereocenters. The Labute approximate surface area is 126 Å². The summed E-state index contributed by atoms with van der Waals surface area (Å²) in [5, 5.41) is 17.7. The first kappa shape index (κ1) is 14.1. The van der Waals surface area contributed by atoms with Crippen molar-refractivity contribution in [3.63, 3.8) is 0 Å². The number of hydrogen-bond donors (Lipinski definition) is 2. The highest BCUT2D eigenvalue weighted by Crippen LogP contribution is 2.38. The lowest BCUT2D eigenvalue weighted by atomic mass is 10.1. The Kier molecular flexibility index (Phi) is 3.44. The van der Waals surface area contributed by atoms with Crippen LogP contribution in [0.25, 0.3) is 0 Å². The third kappa shape index (κ3) is 2.42. The van der Waals surface area contributed by atoms with Gasteiger partial charge in [0.2, 0.25) is 0 Å². The molecule has 0 amide bonds. The van der Waals surface area contributed by atoms with Crippen LogP contribution >= 0.6 is 11.3 Å². The first-order chi connectivity index (χ1) is 9.97. The molecule has 3 rings (SSSR count). The standard InChI is InChI=1S/C14H18N4O2S/c1-7-10(8(2)18(3)17-7)6-15-14-16-12-9(13(19)20)4-5-11(12)21-14/h9H,4-6H2,1-3H3,(H,15,16)(H,19,20). The van der Waals surface area contributed by atoms with Crippen molar-refractivity contribution in [1.29, 1.82) is 0 Å². The first-order valence-electron chi connectivity index (χ1n) is 6.92. The monoisotopic (exact) mass is 306 g/mol. The second-order valence-electron chi connectivity index (χ2n) is 5.38. The maximum absolute atomic E-state index is 11.2. The van der Waals surface area contributed by atoms with Crippen LogP contribution in [-0.2, 0) is 24.8 Å². The molecule has 0 aromatic carbocycles. The summed E-state index contributed by atoms with van der Waals surface area (Å²) in [4.78, 5) is 16.8. The minimum Gasteiger partial charge on any atom is -0.481 e. The molecule has 6 nitrogen and oxygen atoms in total. The lowest BCUT2D eigenvalue weighted by Gasteiger charge is -2.05. The van der Waals surface area contributed by atoms with E-state index in [1.807, 2.05) is 25.6 Å². The first-order valence-corrected chi connectivity index (χ1v) is 7.74. The van der Waals surface area contributed by atoms with E-state index in [1.54, 1.807) is 11.3 Å². The fourth-order valence-electron chi connectivity index (χ4n) is 2.78. The van der Waals surface area contributed by atoms with E-state index in [1.165, 1.54) is 5.56 Å². The fraction of sp³-hybridized carbons (Fsp3) is 0.500. The number of hydrogen-bond acceptors (Lipinski definition) is 5. The van der Waals surface area contributed by atoms with Crippen molar-refractivity contribution >= 4 is 22.4 Å². The van der Waals surface area contributed by atoms with Crippen LogP contribution in [0.15, 0.2) is 0 Å². The van der Waals surface area contributed by atoms with Crippen LogP contribution in [0.5, 0.6) is 0 Å². The third-order valence-electron chi connectivity index (χ3n) is 4.09. The molecule has 0 radical (unpaired) electrons. The molecule has 0 spiro atoms. The zero-order valence-corrected chi connectivity index (χ0v) is 13.1. The predicted molar refractivity (Wildman–Crippen MR) is 80.8 cm³/mol. The number of aliphatic carboxylic acids is 1. The summed E-state index contributed by atoms with van der Waals surface area (Å²) in [6.07, 6.45) is 1.49. The lowest BCUT2D eigenvalue weighted by Crippen LogP contribution is -2.09. The van der Waals surface area contributed by atoms with Gasteiger partial charge in [0.1, 0.15) is 5.92 Å². The Morgan fingerprint density at radius 3 is 2.90 bits per heavy atom. The van der Waals surface area contributed by atoms with Crippen LogP contribution in [-0.4, -0.2) is 25.8 Å². The van der Waals surface area contributed by atoms with Gasteiger partial charge < -0.3 is 10.4 Å². The van der Waals surface area contributed by atoms with Crippen LogP contribution in [0, 0.1) is 13.8 Å². The number of aryl methyl sites for hydroxylation is 3. The number of carboxylic acids is 1. The van der Waals surface area contributed by atoms with Gasteiger partial charge in [0.25, 0.3) is 0 Å². The number of thiazole rings is 1. The molecule has 0 fully saturated rings. The van der Waals surface area contributed by atoms with Crippen molar-refractivity contribution in [2.24, 2.45) is 7.05 Å². The molecular formula is C14H18N4O2S. The normalized spacial score (nSPS) is 17.0. The molecule has 112 valence electrons. The summed E-state index contributed by atoms with van der Waals surface area (Å²) in [5.74, 6) is -1.21. The Morgan fingerprint density at radius 1 is 1.52 bits per heavy atom. The summed E-state index contributed by atoms with van der Waals surface area (Å²) in [6, 6.07) is 0. The Bertz CT molecular complexity index is 704. The van der Waals surface area contributed by atoms with E-state index in [4.69, 9.17) is 0 Å². The van der Waals surface area contributed by atoms with E-state index < -0.39 is 11.9 Å². The Hall–Kier alpha value is -1.89. The molecule has 1 atom stereocenters. The van der Waals surface area contributed by atoms with Gasteiger partial charge in [0.15, 0.2) is 5.13 Å². The zero-order chi connectivity index (χ0) is 15.1. The van der Waals surface area contributed by atoms with Crippen molar-refractivity contribution in [3.8, 4) is 0 Å². The summed E-state index contributed by atoms with van der Waals surface area (Å²) < 4.78 is 1.87. The molecule has 0 saturated heterocycles. The Balaban J connectivity index is 1.75.